The van der Waals surface area contributed by atoms with Crippen molar-refractivity contribution in [1.29, 1.82) is 0 Å². The van der Waals surface area contributed by atoms with Gasteiger partial charge in [0.2, 0.25) is 5.91 Å². The van der Waals surface area contributed by atoms with Crippen LogP contribution in [-0.4, -0.2) is 11.9 Å². The van der Waals surface area contributed by atoms with Crippen LogP contribution in [0.2, 0.25) is 0 Å². The Morgan fingerprint density at radius 3 is 2.50 bits per heavy atom. The number of carbonyl (C=O) groups is 1. The molecule has 88 valence electrons. The molecule has 0 aromatic heterocycles. The third kappa shape index (κ3) is 2.95. The molecule has 1 aromatic carbocycles. The molecule has 1 aromatic rings. The molecule has 0 fully saturated rings. The van der Waals surface area contributed by atoms with Gasteiger partial charge in [0.15, 0.2) is 0 Å². The van der Waals surface area contributed by atoms with Gasteiger partial charge in [-0.2, -0.15) is 0 Å². The van der Waals surface area contributed by atoms with Crippen molar-refractivity contribution in [3.05, 3.63) is 29.6 Å². The second kappa shape index (κ2) is 4.96. The van der Waals surface area contributed by atoms with Gasteiger partial charge in [-0.25, -0.2) is 4.39 Å². The first-order chi connectivity index (χ1) is 7.41. The van der Waals surface area contributed by atoms with Gasteiger partial charge in [0, 0.05) is 11.6 Å². The Kier molecular flexibility index (Phi) is 3.88. The summed E-state index contributed by atoms with van der Waals surface area (Å²) < 4.78 is 13.4. The van der Waals surface area contributed by atoms with Crippen LogP contribution in [0.3, 0.4) is 0 Å². The van der Waals surface area contributed by atoms with Crippen LogP contribution in [0.25, 0.3) is 0 Å². The molecule has 0 aliphatic heterocycles. The minimum absolute atomic E-state index is 0.123. The lowest BCUT2D eigenvalue weighted by atomic mass is 10.1. The molecular weight excluding hydrogens is 207 g/mol. The smallest absolute Gasteiger partial charge is 0.248 e. The van der Waals surface area contributed by atoms with E-state index in [2.05, 4.69) is 5.32 Å². The number of benzene rings is 1. The maximum atomic E-state index is 13.4. The second-order valence-corrected chi connectivity index (χ2v) is 4.24. The summed E-state index contributed by atoms with van der Waals surface area (Å²) in [6.07, 6.45) is 0. The van der Waals surface area contributed by atoms with Crippen molar-refractivity contribution in [3.63, 3.8) is 0 Å². The molecule has 0 spiro atoms. The molecule has 1 rings (SSSR count). The fraction of sp³-hybridized carbons (Fsp3) is 0.417. The van der Waals surface area contributed by atoms with Gasteiger partial charge in [0.25, 0.3) is 0 Å². The van der Waals surface area contributed by atoms with E-state index in [1.54, 1.807) is 0 Å². The number of amides is 1. The fourth-order valence-corrected chi connectivity index (χ4v) is 1.20. The largest absolute Gasteiger partial charge is 0.380 e. The van der Waals surface area contributed by atoms with Gasteiger partial charge < -0.3 is 11.1 Å². The number of anilines is 1. The summed E-state index contributed by atoms with van der Waals surface area (Å²) >= 11 is 0. The van der Waals surface area contributed by atoms with Gasteiger partial charge in [-0.15, -0.1) is 0 Å². The molecular formula is C12H17FN2O. The predicted octanol–water partition coefficient (Wildman–Crippen LogP) is 2.38. The number of carbonyl (C=O) groups excluding carboxylic acids is 1. The zero-order chi connectivity index (χ0) is 12.3. The predicted molar refractivity (Wildman–Crippen MR) is 62.8 cm³/mol. The van der Waals surface area contributed by atoms with Crippen LogP contribution in [0.15, 0.2) is 18.2 Å². The molecule has 0 bridgehead atoms. The van der Waals surface area contributed by atoms with Crippen molar-refractivity contribution in [1.82, 2.24) is 0 Å². The highest BCUT2D eigenvalue weighted by Crippen LogP contribution is 2.18. The molecule has 0 aliphatic rings. The SMILES string of the molecule is CC(C)C(C)Nc1cc(C(N)=O)ccc1F. The number of rotatable bonds is 4. The van der Waals surface area contributed by atoms with E-state index in [0.717, 1.165) is 0 Å². The Hall–Kier alpha value is -1.58. The zero-order valence-corrected chi connectivity index (χ0v) is 9.75. The van der Waals surface area contributed by atoms with E-state index in [1.807, 2.05) is 20.8 Å². The quantitative estimate of drug-likeness (QED) is 0.825. The van der Waals surface area contributed by atoms with E-state index in [9.17, 15) is 9.18 Å². The van der Waals surface area contributed by atoms with Gasteiger partial charge in [0.1, 0.15) is 5.82 Å². The van der Waals surface area contributed by atoms with E-state index >= 15 is 0 Å². The number of hydrogen-bond donors (Lipinski definition) is 2. The molecule has 0 heterocycles. The van der Waals surface area contributed by atoms with Crippen LogP contribution < -0.4 is 11.1 Å². The van der Waals surface area contributed by atoms with E-state index in [0.29, 0.717) is 17.2 Å². The zero-order valence-electron chi connectivity index (χ0n) is 9.75. The van der Waals surface area contributed by atoms with E-state index < -0.39 is 5.91 Å². The van der Waals surface area contributed by atoms with Crippen molar-refractivity contribution in [2.24, 2.45) is 11.7 Å². The first kappa shape index (κ1) is 12.5. The minimum atomic E-state index is -0.555. The molecule has 1 atom stereocenters. The highest BCUT2D eigenvalue weighted by Gasteiger charge is 2.11. The van der Waals surface area contributed by atoms with Crippen LogP contribution in [0.1, 0.15) is 31.1 Å². The molecule has 3 N–H and O–H groups in total. The summed E-state index contributed by atoms with van der Waals surface area (Å²) in [5.41, 5.74) is 5.76. The lowest BCUT2D eigenvalue weighted by molar-refractivity contribution is 0.100. The van der Waals surface area contributed by atoms with Gasteiger partial charge in [-0.3, -0.25) is 4.79 Å². The first-order valence-corrected chi connectivity index (χ1v) is 5.27. The van der Waals surface area contributed by atoms with E-state index in [4.69, 9.17) is 5.73 Å². The number of halogens is 1. The molecule has 0 radical (unpaired) electrons. The van der Waals surface area contributed by atoms with E-state index in [1.165, 1.54) is 18.2 Å². The average Bonchev–Trinajstić information content (AvgIpc) is 2.20. The highest BCUT2D eigenvalue weighted by molar-refractivity contribution is 5.93. The Morgan fingerprint density at radius 1 is 1.38 bits per heavy atom. The Balaban J connectivity index is 2.94. The summed E-state index contributed by atoms with van der Waals surface area (Å²) in [4.78, 5) is 11.0. The molecule has 4 heteroatoms. The maximum Gasteiger partial charge on any atom is 0.248 e. The highest BCUT2D eigenvalue weighted by atomic mass is 19.1. The standard InChI is InChI=1S/C12H17FN2O/c1-7(2)8(3)15-11-6-9(12(14)16)4-5-10(11)13/h4-8,15H,1-3H3,(H2,14,16). The van der Waals surface area contributed by atoms with Crippen LogP contribution in [0.5, 0.6) is 0 Å². The Morgan fingerprint density at radius 2 is 2.00 bits per heavy atom. The van der Waals surface area contributed by atoms with Crippen molar-refractivity contribution in [2.75, 3.05) is 5.32 Å². The molecule has 3 nitrogen and oxygen atoms in total. The van der Waals surface area contributed by atoms with Crippen molar-refractivity contribution in [2.45, 2.75) is 26.8 Å². The lowest BCUT2D eigenvalue weighted by Gasteiger charge is -2.19. The average molecular weight is 224 g/mol. The van der Waals surface area contributed by atoms with Gasteiger partial charge >= 0.3 is 0 Å². The van der Waals surface area contributed by atoms with Crippen LogP contribution in [-0.2, 0) is 0 Å². The molecule has 0 saturated heterocycles. The van der Waals surface area contributed by atoms with Crippen molar-refractivity contribution < 1.29 is 9.18 Å². The molecule has 0 saturated carbocycles. The number of nitrogens with one attached hydrogen (secondary N) is 1. The maximum absolute atomic E-state index is 13.4. The number of hydrogen-bond acceptors (Lipinski definition) is 2. The van der Waals surface area contributed by atoms with Gasteiger partial charge in [0.05, 0.1) is 5.69 Å². The molecule has 0 aliphatic carbocycles. The third-order valence-corrected chi connectivity index (χ3v) is 2.63. The number of nitrogens with two attached hydrogens (primary N) is 1. The summed E-state index contributed by atoms with van der Waals surface area (Å²) in [6.45, 7) is 6.03. The Bertz CT molecular complexity index is 391. The molecule has 16 heavy (non-hydrogen) atoms. The number of primary amides is 1. The molecule has 1 amide bonds. The topological polar surface area (TPSA) is 55.1 Å². The van der Waals surface area contributed by atoms with Crippen molar-refractivity contribution >= 4 is 11.6 Å². The van der Waals surface area contributed by atoms with Crippen molar-refractivity contribution in [3.8, 4) is 0 Å². The van der Waals surface area contributed by atoms with Crippen LogP contribution >= 0.6 is 0 Å². The first-order valence-electron chi connectivity index (χ1n) is 5.27. The lowest BCUT2D eigenvalue weighted by Crippen LogP contribution is -2.22. The van der Waals surface area contributed by atoms with Gasteiger partial charge in [-0.1, -0.05) is 13.8 Å². The second-order valence-electron chi connectivity index (χ2n) is 4.24. The van der Waals surface area contributed by atoms with Crippen LogP contribution in [0, 0.1) is 11.7 Å². The third-order valence-electron chi connectivity index (χ3n) is 2.63. The Labute approximate surface area is 94.8 Å². The monoisotopic (exact) mass is 224 g/mol. The summed E-state index contributed by atoms with van der Waals surface area (Å²) in [5.74, 6) is -0.561. The normalized spacial score (nSPS) is 12.6. The summed E-state index contributed by atoms with van der Waals surface area (Å²) in [7, 11) is 0. The summed E-state index contributed by atoms with van der Waals surface area (Å²) in [6, 6.07) is 4.19. The van der Waals surface area contributed by atoms with E-state index in [-0.39, 0.29) is 11.9 Å². The van der Waals surface area contributed by atoms with Crippen LogP contribution in [0.4, 0.5) is 10.1 Å². The fourth-order valence-electron chi connectivity index (χ4n) is 1.20. The minimum Gasteiger partial charge on any atom is -0.380 e. The molecule has 1 unspecified atom stereocenters. The summed E-state index contributed by atoms with van der Waals surface area (Å²) in [5, 5.41) is 3.02. The van der Waals surface area contributed by atoms with Gasteiger partial charge in [-0.05, 0) is 31.0 Å².